The second-order valence-electron chi connectivity index (χ2n) is 5.21. The van der Waals surface area contributed by atoms with Crippen LogP contribution in [0.2, 0.25) is 0 Å². The van der Waals surface area contributed by atoms with E-state index in [4.69, 9.17) is 5.73 Å². The zero-order valence-corrected chi connectivity index (χ0v) is 10.4. The van der Waals surface area contributed by atoms with Crippen LogP contribution in [0, 0.1) is 0 Å². The van der Waals surface area contributed by atoms with Crippen molar-refractivity contribution in [2.24, 2.45) is 5.73 Å². The number of rotatable bonds is 3. The molecule has 0 atom stereocenters. The molecule has 1 aromatic heterocycles. The molecule has 1 aromatic rings. The van der Waals surface area contributed by atoms with Gasteiger partial charge < -0.3 is 5.73 Å². The third-order valence-corrected chi connectivity index (χ3v) is 4.72. The van der Waals surface area contributed by atoms with Gasteiger partial charge in [-0.25, -0.2) is 0 Å². The van der Waals surface area contributed by atoms with Crippen molar-refractivity contribution in [2.45, 2.75) is 43.7 Å². The van der Waals surface area contributed by atoms with Crippen molar-refractivity contribution in [1.29, 1.82) is 0 Å². The first kappa shape index (κ1) is 10.7. The van der Waals surface area contributed by atoms with E-state index in [0.717, 1.165) is 6.42 Å². The van der Waals surface area contributed by atoms with Crippen LogP contribution in [-0.4, -0.2) is 26.8 Å². The highest BCUT2D eigenvalue weighted by molar-refractivity contribution is 7.99. The highest BCUT2D eigenvalue weighted by Gasteiger charge is 2.38. The van der Waals surface area contributed by atoms with Crippen LogP contribution in [0.15, 0.2) is 12.4 Å². The molecule has 1 saturated heterocycles. The predicted molar refractivity (Wildman–Crippen MR) is 67.7 cm³/mol. The first-order valence-electron chi connectivity index (χ1n) is 6.15. The van der Waals surface area contributed by atoms with E-state index in [1.807, 2.05) is 6.20 Å². The first-order chi connectivity index (χ1) is 7.75. The van der Waals surface area contributed by atoms with Crippen LogP contribution in [0.4, 0.5) is 0 Å². The summed E-state index contributed by atoms with van der Waals surface area (Å²) in [6, 6.07) is 0.628. The summed E-state index contributed by atoms with van der Waals surface area (Å²) in [4.78, 5) is 0. The van der Waals surface area contributed by atoms with Crippen molar-refractivity contribution in [3.63, 3.8) is 0 Å². The normalized spacial score (nSPS) is 24.6. The maximum absolute atomic E-state index is 6.13. The van der Waals surface area contributed by atoms with E-state index >= 15 is 0 Å². The summed E-state index contributed by atoms with van der Waals surface area (Å²) >= 11 is 2.06. The smallest absolute Gasteiger partial charge is 0.0535 e. The molecule has 0 amide bonds. The zero-order valence-electron chi connectivity index (χ0n) is 9.56. The molecular formula is C12H19N3S. The Balaban J connectivity index is 1.66. The molecule has 1 saturated carbocycles. The van der Waals surface area contributed by atoms with E-state index in [1.54, 1.807) is 0 Å². The van der Waals surface area contributed by atoms with E-state index in [9.17, 15) is 0 Å². The number of hydrogen-bond donors (Lipinski definition) is 1. The maximum Gasteiger partial charge on any atom is 0.0535 e. The van der Waals surface area contributed by atoms with Crippen molar-refractivity contribution in [1.82, 2.24) is 9.78 Å². The molecule has 16 heavy (non-hydrogen) atoms. The quantitative estimate of drug-likeness (QED) is 0.874. The number of nitrogens with zero attached hydrogens (tertiary/aromatic N) is 2. The molecule has 2 heterocycles. The number of thioether (sulfide) groups is 1. The van der Waals surface area contributed by atoms with Gasteiger partial charge in [0.25, 0.3) is 0 Å². The summed E-state index contributed by atoms with van der Waals surface area (Å²) < 4.78 is 2.17. The van der Waals surface area contributed by atoms with E-state index in [0.29, 0.717) is 6.04 Å². The van der Waals surface area contributed by atoms with Crippen LogP contribution in [0.1, 0.15) is 37.3 Å². The summed E-state index contributed by atoms with van der Waals surface area (Å²) in [5.74, 6) is 2.56. The fourth-order valence-electron chi connectivity index (χ4n) is 2.36. The molecule has 3 rings (SSSR count). The maximum atomic E-state index is 6.13. The Labute approximate surface area is 101 Å². The molecule has 0 radical (unpaired) electrons. The summed E-state index contributed by atoms with van der Waals surface area (Å²) in [6.07, 6.45) is 10.1. The molecule has 2 fully saturated rings. The molecule has 88 valence electrons. The van der Waals surface area contributed by atoms with Gasteiger partial charge in [0.15, 0.2) is 0 Å². The molecule has 1 aliphatic carbocycles. The lowest BCUT2D eigenvalue weighted by Gasteiger charge is -2.21. The van der Waals surface area contributed by atoms with Gasteiger partial charge in [0, 0.05) is 11.7 Å². The third-order valence-electron chi connectivity index (χ3n) is 3.67. The standard InChI is InChI=1S/C12H19N3S/c13-12(3-4-12)7-10-8-14-15(9-10)11-1-5-16-6-2-11/h8-9,11H,1-7,13H2. The summed E-state index contributed by atoms with van der Waals surface area (Å²) in [5, 5.41) is 4.50. The molecular weight excluding hydrogens is 218 g/mol. The predicted octanol–water partition coefficient (Wildman–Crippen LogP) is 1.98. The van der Waals surface area contributed by atoms with E-state index < -0.39 is 0 Å². The van der Waals surface area contributed by atoms with Crippen molar-refractivity contribution >= 4 is 11.8 Å². The van der Waals surface area contributed by atoms with Gasteiger partial charge in [0.2, 0.25) is 0 Å². The minimum absolute atomic E-state index is 0.107. The highest BCUT2D eigenvalue weighted by atomic mass is 32.2. The number of nitrogens with two attached hydrogens (primary N) is 1. The molecule has 0 spiro atoms. The molecule has 2 aliphatic rings. The average molecular weight is 237 g/mol. The SMILES string of the molecule is NC1(Cc2cnn(C3CCSCC3)c2)CC1. The monoisotopic (exact) mass is 237 g/mol. The Kier molecular flexibility index (Phi) is 2.72. The molecule has 3 nitrogen and oxygen atoms in total. The summed E-state index contributed by atoms with van der Waals surface area (Å²) in [6.45, 7) is 0. The second kappa shape index (κ2) is 4.08. The molecule has 0 bridgehead atoms. The van der Waals surface area contributed by atoms with Gasteiger partial charge in [-0.15, -0.1) is 0 Å². The Morgan fingerprint density at radius 3 is 2.88 bits per heavy atom. The molecule has 1 aliphatic heterocycles. The Morgan fingerprint density at radius 2 is 2.19 bits per heavy atom. The van der Waals surface area contributed by atoms with Crippen molar-refractivity contribution in [3.05, 3.63) is 18.0 Å². The molecule has 0 unspecified atom stereocenters. The Morgan fingerprint density at radius 1 is 1.44 bits per heavy atom. The molecule has 4 heteroatoms. The number of aromatic nitrogens is 2. The lowest BCUT2D eigenvalue weighted by atomic mass is 10.1. The molecule has 2 N–H and O–H groups in total. The fourth-order valence-corrected chi connectivity index (χ4v) is 3.44. The van der Waals surface area contributed by atoms with E-state index in [-0.39, 0.29) is 5.54 Å². The van der Waals surface area contributed by atoms with E-state index in [1.165, 1.54) is 42.8 Å². The van der Waals surface area contributed by atoms with Gasteiger partial charge in [-0.3, -0.25) is 4.68 Å². The largest absolute Gasteiger partial charge is 0.325 e. The van der Waals surface area contributed by atoms with Crippen molar-refractivity contribution in [3.8, 4) is 0 Å². The lowest BCUT2D eigenvalue weighted by molar-refractivity contribution is 0.426. The van der Waals surface area contributed by atoms with E-state index in [2.05, 4.69) is 27.7 Å². The van der Waals surface area contributed by atoms with Crippen LogP contribution in [-0.2, 0) is 6.42 Å². The highest BCUT2D eigenvalue weighted by Crippen LogP contribution is 2.35. The number of hydrogen-bond acceptors (Lipinski definition) is 3. The minimum Gasteiger partial charge on any atom is -0.325 e. The fraction of sp³-hybridized carbons (Fsp3) is 0.750. The van der Waals surface area contributed by atoms with Crippen LogP contribution in [0.25, 0.3) is 0 Å². The van der Waals surface area contributed by atoms with Crippen molar-refractivity contribution < 1.29 is 0 Å². The summed E-state index contributed by atoms with van der Waals surface area (Å²) in [7, 11) is 0. The van der Waals surface area contributed by atoms with Gasteiger partial charge in [-0.05, 0) is 49.2 Å². The summed E-state index contributed by atoms with van der Waals surface area (Å²) in [5.41, 5.74) is 7.55. The van der Waals surface area contributed by atoms with Crippen LogP contribution < -0.4 is 5.73 Å². The van der Waals surface area contributed by atoms with Crippen LogP contribution in [0.5, 0.6) is 0 Å². The van der Waals surface area contributed by atoms with Crippen LogP contribution in [0.3, 0.4) is 0 Å². The topological polar surface area (TPSA) is 43.8 Å². The van der Waals surface area contributed by atoms with Crippen LogP contribution >= 0.6 is 11.8 Å². The minimum atomic E-state index is 0.107. The van der Waals surface area contributed by atoms with Crippen molar-refractivity contribution in [2.75, 3.05) is 11.5 Å². The lowest BCUT2D eigenvalue weighted by Crippen LogP contribution is -2.24. The second-order valence-corrected chi connectivity index (χ2v) is 6.44. The van der Waals surface area contributed by atoms with Gasteiger partial charge in [0.05, 0.1) is 12.2 Å². The Bertz CT molecular complexity index is 364. The van der Waals surface area contributed by atoms with Gasteiger partial charge in [0.1, 0.15) is 0 Å². The Hall–Kier alpha value is -0.480. The third kappa shape index (κ3) is 2.28. The van der Waals surface area contributed by atoms with Gasteiger partial charge in [-0.1, -0.05) is 0 Å². The van der Waals surface area contributed by atoms with Gasteiger partial charge in [-0.2, -0.15) is 16.9 Å². The first-order valence-corrected chi connectivity index (χ1v) is 7.30. The molecule has 0 aromatic carbocycles. The average Bonchev–Trinajstić information content (AvgIpc) is 2.86. The zero-order chi connectivity index (χ0) is 11.0. The van der Waals surface area contributed by atoms with Gasteiger partial charge >= 0.3 is 0 Å².